The van der Waals surface area contributed by atoms with Gasteiger partial charge in [0.25, 0.3) is 0 Å². The third-order valence-electron chi connectivity index (χ3n) is 2.69. The molecule has 100 valence electrons. The van der Waals surface area contributed by atoms with Gasteiger partial charge >= 0.3 is 5.97 Å². The smallest absolute Gasteiger partial charge is 0.376 e. The van der Waals surface area contributed by atoms with Gasteiger partial charge in [-0.2, -0.15) is 0 Å². The molecule has 0 atom stereocenters. The maximum absolute atomic E-state index is 14.4. The molecule has 1 heterocycles. The van der Waals surface area contributed by atoms with Gasteiger partial charge in [-0.25, -0.2) is 9.18 Å². The average Bonchev–Trinajstić information content (AvgIpc) is 2.83. The van der Waals surface area contributed by atoms with Crippen LogP contribution in [0.25, 0.3) is 16.7 Å². The molecule has 1 aromatic carbocycles. The van der Waals surface area contributed by atoms with Crippen molar-refractivity contribution in [2.45, 2.75) is 6.92 Å². The summed E-state index contributed by atoms with van der Waals surface area (Å²) in [6.45, 7) is 1.81. The number of carbonyl (C=O) groups is 1. The van der Waals surface area contributed by atoms with Crippen LogP contribution in [-0.4, -0.2) is 24.7 Å². The third-order valence-corrected chi connectivity index (χ3v) is 2.69. The lowest BCUT2D eigenvalue weighted by Gasteiger charge is -2.06. The Hall–Kier alpha value is -2.30. The normalized spacial score (nSPS) is 12.2. The average molecular weight is 263 g/mol. The van der Waals surface area contributed by atoms with Crippen molar-refractivity contribution >= 4 is 22.7 Å². The van der Waals surface area contributed by atoms with Crippen molar-refractivity contribution in [1.29, 1.82) is 0 Å². The molecule has 0 saturated carbocycles. The van der Waals surface area contributed by atoms with Crippen LogP contribution in [0.15, 0.2) is 36.2 Å². The highest BCUT2D eigenvalue weighted by Crippen LogP contribution is 2.28. The zero-order valence-corrected chi connectivity index (χ0v) is 10.7. The number of hydrogen-bond acceptors (Lipinski definition) is 3. The molecular weight excluding hydrogens is 249 g/mol. The Bertz CT molecular complexity index is 630. The number of H-pyrrole nitrogens is 1. The van der Waals surface area contributed by atoms with E-state index in [1.807, 2.05) is 12.1 Å². The van der Waals surface area contributed by atoms with Gasteiger partial charge in [0.1, 0.15) is 0 Å². The minimum atomic E-state index is -0.812. The molecule has 1 aromatic heterocycles. The van der Waals surface area contributed by atoms with Crippen LogP contribution >= 0.6 is 0 Å². The predicted molar refractivity (Wildman–Crippen MR) is 70.0 cm³/mol. The van der Waals surface area contributed by atoms with E-state index in [2.05, 4.69) is 4.98 Å². The number of fused-ring (bicyclic) bond motifs is 1. The molecule has 0 saturated heterocycles. The van der Waals surface area contributed by atoms with Crippen LogP contribution in [0.2, 0.25) is 0 Å². The summed E-state index contributed by atoms with van der Waals surface area (Å²) in [4.78, 5) is 14.5. The van der Waals surface area contributed by atoms with E-state index in [0.717, 1.165) is 5.52 Å². The first-order chi connectivity index (χ1) is 9.19. The van der Waals surface area contributed by atoms with E-state index < -0.39 is 17.6 Å². The van der Waals surface area contributed by atoms with Crippen molar-refractivity contribution < 1.29 is 18.7 Å². The summed E-state index contributed by atoms with van der Waals surface area (Å²) in [6, 6.07) is 7.22. The standard InChI is InChI=1S/C14H14FNO3/c1-3-19-14(17)13(18-2)12(15)10-8-16-11-7-5-4-6-9(10)11/h4-8,16H,3H2,1-2H3/b13-12-. The minimum Gasteiger partial charge on any atom is -0.488 e. The van der Waals surface area contributed by atoms with E-state index in [1.54, 1.807) is 19.1 Å². The first kappa shape index (κ1) is 13.1. The largest absolute Gasteiger partial charge is 0.488 e. The summed E-state index contributed by atoms with van der Waals surface area (Å²) >= 11 is 0. The van der Waals surface area contributed by atoms with Crippen LogP contribution in [0.3, 0.4) is 0 Å². The summed E-state index contributed by atoms with van der Waals surface area (Å²) in [5.74, 6) is -1.97. The van der Waals surface area contributed by atoms with E-state index >= 15 is 0 Å². The Morgan fingerprint density at radius 1 is 1.37 bits per heavy atom. The highest BCUT2D eigenvalue weighted by Gasteiger charge is 2.21. The van der Waals surface area contributed by atoms with Gasteiger partial charge < -0.3 is 14.5 Å². The molecular formula is C14H14FNO3. The van der Waals surface area contributed by atoms with Gasteiger partial charge in [0.05, 0.1) is 13.7 Å². The molecule has 2 rings (SSSR count). The molecule has 5 heteroatoms. The van der Waals surface area contributed by atoms with Crippen LogP contribution in [-0.2, 0) is 14.3 Å². The van der Waals surface area contributed by atoms with Crippen molar-refractivity contribution in [3.05, 3.63) is 41.8 Å². The number of benzene rings is 1. The van der Waals surface area contributed by atoms with Crippen LogP contribution in [0.4, 0.5) is 4.39 Å². The second kappa shape index (κ2) is 5.56. The number of methoxy groups -OCH3 is 1. The lowest BCUT2D eigenvalue weighted by atomic mass is 10.1. The Balaban J connectivity index is 2.51. The summed E-state index contributed by atoms with van der Waals surface area (Å²) in [5.41, 5.74) is 1.06. The van der Waals surface area contributed by atoms with E-state index in [-0.39, 0.29) is 12.2 Å². The molecule has 0 aliphatic rings. The number of ether oxygens (including phenoxy) is 2. The molecule has 0 spiro atoms. The molecule has 0 unspecified atom stereocenters. The summed E-state index contributed by atoms with van der Waals surface area (Å²) in [5, 5.41) is 0.679. The fourth-order valence-electron chi connectivity index (χ4n) is 1.83. The van der Waals surface area contributed by atoms with Crippen molar-refractivity contribution in [3.8, 4) is 0 Å². The first-order valence-electron chi connectivity index (χ1n) is 5.86. The van der Waals surface area contributed by atoms with Gasteiger partial charge in [-0.05, 0) is 13.0 Å². The Morgan fingerprint density at radius 2 is 2.11 bits per heavy atom. The number of aromatic nitrogens is 1. The van der Waals surface area contributed by atoms with Crippen LogP contribution in [0.1, 0.15) is 12.5 Å². The lowest BCUT2D eigenvalue weighted by Crippen LogP contribution is -2.10. The predicted octanol–water partition coefficient (Wildman–Crippen LogP) is 3.02. The molecule has 4 nitrogen and oxygen atoms in total. The fraction of sp³-hybridized carbons (Fsp3) is 0.214. The molecule has 2 aromatic rings. The molecule has 0 fully saturated rings. The van der Waals surface area contributed by atoms with Crippen LogP contribution in [0, 0.1) is 0 Å². The number of halogens is 1. The fourth-order valence-corrected chi connectivity index (χ4v) is 1.83. The maximum Gasteiger partial charge on any atom is 0.376 e. The second-order valence-corrected chi connectivity index (χ2v) is 3.82. The van der Waals surface area contributed by atoms with E-state index in [9.17, 15) is 9.18 Å². The Labute approximate surface area is 109 Å². The maximum atomic E-state index is 14.4. The number of nitrogens with one attached hydrogen (secondary N) is 1. The number of hydrogen-bond donors (Lipinski definition) is 1. The SMILES string of the molecule is CCOC(=O)/C(OC)=C(/F)c1c[nH]c2ccccc12. The number of para-hydroxylation sites is 1. The van der Waals surface area contributed by atoms with E-state index in [1.165, 1.54) is 13.3 Å². The monoisotopic (exact) mass is 263 g/mol. The minimum absolute atomic E-state index is 0.160. The number of aromatic amines is 1. The van der Waals surface area contributed by atoms with Crippen LogP contribution in [0.5, 0.6) is 0 Å². The van der Waals surface area contributed by atoms with Gasteiger partial charge in [0.2, 0.25) is 5.76 Å². The van der Waals surface area contributed by atoms with Crippen molar-refractivity contribution in [2.24, 2.45) is 0 Å². The molecule has 0 amide bonds. The highest BCUT2D eigenvalue weighted by atomic mass is 19.1. The summed E-state index contributed by atoms with van der Waals surface area (Å²) in [6.07, 6.45) is 1.50. The molecule has 1 N–H and O–H groups in total. The van der Waals surface area contributed by atoms with Crippen molar-refractivity contribution in [3.63, 3.8) is 0 Å². The van der Waals surface area contributed by atoms with Gasteiger partial charge in [-0.1, -0.05) is 18.2 Å². The summed E-state index contributed by atoms with van der Waals surface area (Å²) < 4.78 is 23.9. The topological polar surface area (TPSA) is 51.3 Å². The molecule has 0 aliphatic heterocycles. The summed E-state index contributed by atoms with van der Waals surface area (Å²) in [7, 11) is 1.24. The van der Waals surface area contributed by atoms with Gasteiger partial charge in [0, 0.05) is 22.7 Å². The third kappa shape index (κ3) is 2.45. The Kier molecular flexibility index (Phi) is 3.85. The van der Waals surface area contributed by atoms with Gasteiger partial charge in [-0.3, -0.25) is 0 Å². The van der Waals surface area contributed by atoms with Gasteiger partial charge in [-0.15, -0.1) is 0 Å². The molecule has 0 bridgehead atoms. The second-order valence-electron chi connectivity index (χ2n) is 3.82. The van der Waals surface area contributed by atoms with Crippen LogP contribution < -0.4 is 0 Å². The molecule has 0 radical (unpaired) electrons. The van der Waals surface area contributed by atoms with E-state index in [0.29, 0.717) is 5.39 Å². The van der Waals surface area contributed by atoms with Gasteiger partial charge in [0.15, 0.2) is 5.83 Å². The number of rotatable bonds is 4. The lowest BCUT2D eigenvalue weighted by molar-refractivity contribution is -0.142. The molecule has 0 aliphatic carbocycles. The van der Waals surface area contributed by atoms with E-state index in [4.69, 9.17) is 9.47 Å². The Morgan fingerprint density at radius 3 is 2.79 bits per heavy atom. The zero-order chi connectivity index (χ0) is 13.8. The number of carbonyl (C=O) groups excluding carboxylic acids is 1. The van der Waals surface area contributed by atoms with Crippen molar-refractivity contribution in [1.82, 2.24) is 4.98 Å². The van der Waals surface area contributed by atoms with Crippen molar-refractivity contribution in [2.75, 3.05) is 13.7 Å². The quantitative estimate of drug-likeness (QED) is 0.524. The highest BCUT2D eigenvalue weighted by molar-refractivity contribution is 5.99. The zero-order valence-electron chi connectivity index (χ0n) is 10.7. The number of esters is 1. The molecule has 19 heavy (non-hydrogen) atoms. The first-order valence-corrected chi connectivity index (χ1v) is 5.86.